The van der Waals surface area contributed by atoms with Gasteiger partial charge < -0.3 is 16.0 Å². The lowest BCUT2D eigenvalue weighted by Crippen LogP contribution is -2.29. The maximum Gasteiger partial charge on any atom is 0.141 e. The van der Waals surface area contributed by atoms with E-state index in [0.29, 0.717) is 12.4 Å². The molecule has 4 N–H and O–H groups in total. The number of aliphatic imine (C=N–C) groups is 1. The minimum Gasteiger partial charge on any atom is -0.383 e. The van der Waals surface area contributed by atoms with Crippen LogP contribution in [-0.4, -0.2) is 30.6 Å². The number of fused-ring (bicyclic) bond motifs is 1. The summed E-state index contributed by atoms with van der Waals surface area (Å²) in [5.74, 6) is 0.394. The van der Waals surface area contributed by atoms with Gasteiger partial charge in [0.15, 0.2) is 0 Å². The zero-order chi connectivity index (χ0) is 17.2. The van der Waals surface area contributed by atoms with Gasteiger partial charge in [-0.1, -0.05) is 12.1 Å². The van der Waals surface area contributed by atoms with Crippen molar-refractivity contribution in [3.63, 3.8) is 0 Å². The summed E-state index contributed by atoms with van der Waals surface area (Å²) >= 11 is 1.57. The summed E-state index contributed by atoms with van der Waals surface area (Å²) in [6.45, 7) is 1.06. The molecule has 0 aliphatic carbocycles. The van der Waals surface area contributed by atoms with Crippen molar-refractivity contribution in [1.82, 2.24) is 10.3 Å². The molecule has 1 aromatic carbocycles. The van der Waals surface area contributed by atoms with E-state index in [4.69, 9.17) is 5.73 Å². The molecule has 0 radical (unpaired) electrons. The number of halogens is 1. The van der Waals surface area contributed by atoms with Gasteiger partial charge in [0.25, 0.3) is 0 Å². The number of nitrogens with one attached hydrogen (secondary N) is 2. The number of amidine groups is 1. The van der Waals surface area contributed by atoms with Gasteiger partial charge in [-0.05, 0) is 35.2 Å². The highest BCUT2D eigenvalue weighted by atomic mass is 32.1. The van der Waals surface area contributed by atoms with Crippen LogP contribution in [0.5, 0.6) is 0 Å². The minimum atomic E-state index is -0.366. The number of hydrogen-bond donors (Lipinski definition) is 3. The molecular weight excluding hydrogens is 335 g/mol. The van der Waals surface area contributed by atoms with Gasteiger partial charge >= 0.3 is 0 Å². The molecule has 4 nitrogen and oxygen atoms in total. The third-order valence-electron chi connectivity index (χ3n) is 4.48. The Hall–Kier alpha value is -2.44. The van der Waals surface area contributed by atoms with E-state index in [1.54, 1.807) is 11.3 Å². The SMILES string of the molecule is NC(=Nc1ccc2[nH]cc(C3=CCNCC3CF)c2c1)c1cccs1. The Morgan fingerprint density at radius 2 is 2.28 bits per heavy atom. The van der Waals surface area contributed by atoms with Crippen molar-refractivity contribution in [2.24, 2.45) is 16.6 Å². The van der Waals surface area contributed by atoms with Gasteiger partial charge in [-0.15, -0.1) is 11.3 Å². The second-order valence-corrected chi connectivity index (χ2v) is 7.02. The van der Waals surface area contributed by atoms with Crippen molar-refractivity contribution in [2.45, 2.75) is 0 Å². The van der Waals surface area contributed by atoms with Gasteiger partial charge in [-0.3, -0.25) is 4.39 Å². The van der Waals surface area contributed by atoms with E-state index in [0.717, 1.165) is 39.1 Å². The maximum absolute atomic E-state index is 13.4. The minimum absolute atomic E-state index is 0.115. The topological polar surface area (TPSA) is 66.2 Å². The standard InChI is InChI=1S/C19H19FN4S/c20-9-12-10-22-6-5-14(12)16-11-23-17-4-3-13(8-15(16)17)24-19(21)18-2-1-7-25-18/h1-5,7-8,11-12,22-23H,6,9-10H2,(H2,21,24). The Labute approximate surface area is 149 Å². The first-order valence-electron chi connectivity index (χ1n) is 8.22. The molecule has 6 heteroatoms. The predicted octanol–water partition coefficient (Wildman–Crippen LogP) is 3.84. The van der Waals surface area contributed by atoms with Crippen LogP contribution in [0.2, 0.25) is 0 Å². The molecular formula is C19H19FN4S. The van der Waals surface area contributed by atoms with E-state index in [9.17, 15) is 4.39 Å². The number of alkyl halides is 1. The summed E-state index contributed by atoms with van der Waals surface area (Å²) in [6.07, 6.45) is 4.03. The molecule has 25 heavy (non-hydrogen) atoms. The fourth-order valence-electron chi connectivity index (χ4n) is 3.22. The van der Waals surface area contributed by atoms with E-state index >= 15 is 0 Å². The van der Waals surface area contributed by atoms with Crippen LogP contribution in [0, 0.1) is 5.92 Å². The Bertz CT molecular complexity index is 940. The van der Waals surface area contributed by atoms with Crippen molar-refractivity contribution >= 4 is 39.3 Å². The Morgan fingerprint density at radius 1 is 1.36 bits per heavy atom. The lowest BCUT2D eigenvalue weighted by atomic mass is 9.90. The van der Waals surface area contributed by atoms with Crippen molar-refractivity contribution in [3.8, 4) is 0 Å². The number of hydrogen-bond acceptors (Lipinski definition) is 3. The Kier molecular flexibility index (Phi) is 4.38. The number of nitrogens with zero attached hydrogens (tertiary/aromatic N) is 1. The lowest BCUT2D eigenvalue weighted by molar-refractivity contribution is 0.401. The fraction of sp³-hybridized carbons (Fsp3) is 0.211. The van der Waals surface area contributed by atoms with Gasteiger partial charge in [-0.2, -0.15) is 0 Å². The molecule has 1 unspecified atom stereocenters. The molecule has 2 aromatic heterocycles. The van der Waals surface area contributed by atoms with Crippen LogP contribution in [0.4, 0.5) is 10.1 Å². The van der Waals surface area contributed by atoms with E-state index in [1.165, 1.54) is 0 Å². The molecule has 4 rings (SSSR count). The molecule has 1 atom stereocenters. The predicted molar refractivity (Wildman–Crippen MR) is 103 cm³/mol. The van der Waals surface area contributed by atoms with E-state index < -0.39 is 0 Å². The average Bonchev–Trinajstić information content (AvgIpc) is 3.31. The van der Waals surface area contributed by atoms with Gasteiger partial charge in [-0.25, -0.2) is 4.99 Å². The second-order valence-electron chi connectivity index (χ2n) is 6.08. The van der Waals surface area contributed by atoms with Gasteiger partial charge in [0.05, 0.1) is 17.2 Å². The molecule has 0 bridgehead atoms. The number of aromatic nitrogens is 1. The molecule has 0 saturated carbocycles. The van der Waals surface area contributed by atoms with Crippen LogP contribution in [0.1, 0.15) is 10.4 Å². The normalized spacial score (nSPS) is 18.5. The van der Waals surface area contributed by atoms with E-state index in [-0.39, 0.29) is 12.6 Å². The molecule has 3 aromatic rings. The van der Waals surface area contributed by atoms with Crippen LogP contribution in [0.3, 0.4) is 0 Å². The summed E-state index contributed by atoms with van der Waals surface area (Å²) < 4.78 is 13.4. The van der Waals surface area contributed by atoms with Crippen LogP contribution in [0.25, 0.3) is 16.5 Å². The van der Waals surface area contributed by atoms with E-state index in [1.807, 2.05) is 41.9 Å². The first kappa shape index (κ1) is 16.1. The first-order chi connectivity index (χ1) is 12.3. The summed E-state index contributed by atoms with van der Waals surface area (Å²) in [5, 5.41) is 6.24. The highest BCUT2D eigenvalue weighted by Gasteiger charge is 2.21. The number of H-pyrrole nitrogens is 1. The fourth-order valence-corrected chi connectivity index (χ4v) is 3.85. The Balaban J connectivity index is 1.75. The van der Waals surface area contributed by atoms with Crippen LogP contribution < -0.4 is 11.1 Å². The van der Waals surface area contributed by atoms with Crippen LogP contribution in [-0.2, 0) is 0 Å². The van der Waals surface area contributed by atoms with Crippen molar-refractivity contribution in [1.29, 1.82) is 0 Å². The third kappa shape index (κ3) is 3.10. The summed E-state index contributed by atoms with van der Waals surface area (Å²) in [4.78, 5) is 8.77. The lowest BCUT2D eigenvalue weighted by Gasteiger charge is -2.22. The number of thiophene rings is 1. The number of aromatic amines is 1. The monoisotopic (exact) mass is 354 g/mol. The smallest absolute Gasteiger partial charge is 0.141 e. The van der Waals surface area contributed by atoms with Crippen LogP contribution >= 0.6 is 11.3 Å². The molecule has 3 heterocycles. The molecule has 0 amide bonds. The van der Waals surface area contributed by atoms with Crippen molar-refractivity contribution in [3.05, 3.63) is 58.4 Å². The molecule has 128 valence electrons. The number of benzene rings is 1. The Morgan fingerprint density at radius 3 is 3.08 bits per heavy atom. The second kappa shape index (κ2) is 6.82. The number of nitrogens with two attached hydrogens (primary N) is 1. The summed E-state index contributed by atoms with van der Waals surface area (Å²) in [7, 11) is 0. The summed E-state index contributed by atoms with van der Waals surface area (Å²) in [6, 6.07) is 9.85. The quantitative estimate of drug-likeness (QED) is 0.492. The maximum atomic E-state index is 13.4. The van der Waals surface area contributed by atoms with Crippen molar-refractivity contribution in [2.75, 3.05) is 19.8 Å². The summed E-state index contributed by atoms with van der Waals surface area (Å²) in [5.41, 5.74) is 10.0. The molecule has 0 fully saturated rings. The van der Waals surface area contributed by atoms with Crippen LogP contribution in [0.15, 0.2) is 53.0 Å². The third-order valence-corrected chi connectivity index (χ3v) is 5.38. The molecule has 0 spiro atoms. The zero-order valence-electron chi connectivity index (χ0n) is 13.6. The first-order valence-corrected chi connectivity index (χ1v) is 9.10. The zero-order valence-corrected chi connectivity index (χ0v) is 14.4. The van der Waals surface area contributed by atoms with Gasteiger partial charge in [0.1, 0.15) is 5.84 Å². The van der Waals surface area contributed by atoms with Crippen molar-refractivity contribution < 1.29 is 4.39 Å². The largest absolute Gasteiger partial charge is 0.383 e. The molecule has 0 saturated heterocycles. The average molecular weight is 354 g/mol. The molecule has 1 aliphatic rings. The highest BCUT2D eigenvalue weighted by molar-refractivity contribution is 7.12. The van der Waals surface area contributed by atoms with Gasteiger partial charge in [0.2, 0.25) is 0 Å². The molecule has 1 aliphatic heterocycles. The van der Waals surface area contributed by atoms with Gasteiger partial charge in [0, 0.05) is 41.7 Å². The van der Waals surface area contributed by atoms with E-state index in [2.05, 4.69) is 21.4 Å². The highest BCUT2D eigenvalue weighted by Crippen LogP contribution is 2.33. The number of rotatable bonds is 4.